The minimum atomic E-state index is -1.11. The largest absolute Gasteiger partial charge is 0.274 e. The number of hydrazone groups is 1. The topological polar surface area (TPSA) is 91.7 Å². The second-order valence-corrected chi connectivity index (χ2v) is 10.9. The van der Waals surface area contributed by atoms with Crippen molar-refractivity contribution in [3.05, 3.63) is 129 Å². The zero-order valence-corrected chi connectivity index (χ0v) is 22.3. The lowest BCUT2D eigenvalue weighted by atomic mass is 9.47. The Labute approximate surface area is 239 Å². The molecule has 3 aliphatic carbocycles. The number of carbonyl (C=O) groups is 3. The molecule has 2 bridgehead atoms. The van der Waals surface area contributed by atoms with E-state index in [2.05, 4.69) is 15.5 Å². The molecule has 2 atom stereocenters. The molecule has 1 aliphatic heterocycles. The van der Waals surface area contributed by atoms with Crippen LogP contribution in [-0.4, -0.2) is 28.9 Å². The molecule has 1 N–H and O–H groups in total. The average Bonchev–Trinajstić information content (AvgIpc) is 3.24. The molecule has 0 saturated carbocycles. The third kappa shape index (κ3) is 3.34. The van der Waals surface area contributed by atoms with Gasteiger partial charge in [-0.3, -0.25) is 19.4 Å². The SMILES string of the molecule is O=C(N/N=C\C12c3ccccc3C(c3ccccc31)[C@@H]1C(=O)N(c3ccc(Cl)cc3Cl)C(=O)[C@H]12)c1ccncc1. The van der Waals surface area contributed by atoms with Crippen LogP contribution in [0.1, 0.15) is 38.5 Å². The van der Waals surface area contributed by atoms with Crippen molar-refractivity contribution in [2.45, 2.75) is 11.3 Å². The predicted molar refractivity (Wildman–Crippen MR) is 152 cm³/mol. The summed E-state index contributed by atoms with van der Waals surface area (Å²) < 4.78 is 0. The highest BCUT2D eigenvalue weighted by Crippen LogP contribution is 2.63. The van der Waals surface area contributed by atoms with E-state index in [1.54, 1.807) is 30.5 Å². The van der Waals surface area contributed by atoms with Crippen molar-refractivity contribution in [2.75, 3.05) is 4.90 Å². The Kier molecular flexibility index (Phi) is 5.63. The van der Waals surface area contributed by atoms with Gasteiger partial charge in [0, 0.05) is 35.1 Å². The van der Waals surface area contributed by atoms with E-state index in [0.717, 1.165) is 22.3 Å². The number of hydrogen-bond acceptors (Lipinski definition) is 5. The van der Waals surface area contributed by atoms with Gasteiger partial charge in [0.05, 0.1) is 28.0 Å². The highest BCUT2D eigenvalue weighted by Gasteiger charge is 2.68. The van der Waals surface area contributed by atoms with Gasteiger partial charge in [-0.2, -0.15) is 5.10 Å². The number of nitrogens with one attached hydrogen (secondary N) is 1. The van der Waals surface area contributed by atoms with Gasteiger partial charge in [-0.05, 0) is 52.6 Å². The summed E-state index contributed by atoms with van der Waals surface area (Å²) >= 11 is 12.6. The summed E-state index contributed by atoms with van der Waals surface area (Å²) in [4.78, 5) is 46.5. The van der Waals surface area contributed by atoms with Crippen molar-refractivity contribution in [1.82, 2.24) is 10.4 Å². The summed E-state index contributed by atoms with van der Waals surface area (Å²) in [5, 5.41) is 5.03. The van der Waals surface area contributed by atoms with Crippen molar-refractivity contribution >= 4 is 52.8 Å². The first-order valence-electron chi connectivity index (χ1n) is 12.7. The zero-order valence-electron chi connectivity index (χ0n) is 20.8. The number of aromatic nitrogens is 1. The van der Waals surface area contributed by atoms with Crippen LogP contribution in [0.25, 0.3) is 0 Å². The lowest BCUT2D eigenvalue weighted by molar-refractivity contribution is -0.122. The summed E-state index contributed by atoms with van der Waals surface area (Å²) in [5.41, 5.74) is 5.86. The highest BCUT2D eigenvalue weighted by atomic mass is 35.5. The molecular weight excluding hydrogens is 547 g/mol. The van der Waals surface area contributed by atoms with Gasteiger partial charge < -0.3 is 0 Å². The van der Waals surface area contributed by atoms with Gasteiger partial charge in [0.2, 0.25) is 11.8 Å². The Morgan fingerprint density at radius 3 is 2.20 bits per heavy atom. The molecule has 7 nitrogen and oxygen atoms in total. The number of nitrogens with zero attached hydrogens (tertiary/aromatic N) is 3. The number of amides is 3. The van der Waals surface area contributed by atoms with Gasteiger partial charge in [0.15, 0.2) is 0 Å². The van der Waals surface area contributed by atoms with E-state index in [0.29, 0.717) is 16.3 Å². The first-order valence-corrected chi connectivity index (χ1v) is 13.5. The van der Waals surface area contributed by atoms with Crippen LogP contribution in [0.4, 0.5) is 5.69 Å². The van der Waals surface area contributed by atoms with E-state index in [1.807, 2.05) is 48.5 Å². The van der Waals surface area contributed by atoms with Crippen LogP contribution >= 0.6 is 23.2 Å². The second-order valence-electron chi connectivity index (χ2n) is 10.1. The Hall–Kier alpha value is -4.33. The van der Waals surface area contributed by atoms with Crippen LogP contribution in [0, 0.1) is 11.8 Å². The molecule has 40 heavy (non-hydrogen) atoms. The minimum absolute atomic E-state index is 0.211. The van der Waals surface area contributed by atoms with Crippen molar-refractivity contribution in [3.63, 3.8) is 0 Å². The summed E-state index contributed by atoms with van der Waals surface area (Å²) in [5.74, 6) is -2.94. The van der Waals surface area contributed by atoms with Gasteiger partial charge in [0.25, 0.3) is 5.91 Å². The third-order valence-corrected chi connectivity index (χ3v) is 8.75. The van der Waals surface area contributed by atoms with Crippen molar-refractivity contribution in [1.29, 1.82) is 0 Å². The van der Waals surface area contributed by atoms with Crippen LogP contribution in [0.15, 0.2) is 96.4 Å². The number of imide groups is 1. The molecule has 1 saturated heterocycles. The molecule has 2 heterocycles. The van der Waals surface area contributed by atoms with Crippen molar-refractivity contribution in [2.24, 2.45) is 16.9 Å². The number of anilines is 1. The monoisotopic (exact) mass is 566 g/mol. The molecule has 9 heteroatoms. The average molecular weight is 567 g/mol. The lowest BCUT2D eigenvalue weighted by Crippen LogP contribution is -2.54. The van der Waals surface area contributed by atoms with Gasteiger partial charge in [-0.25, -0.2) is 10.3 Å². The Morgan fingerprint density at radius 2 is 1.55 bits per heavy atom. The predicted octanol–water partition coefficient (Wildman–Crippen LogP) is 5.36. The van der Waals surface area contributed by atoms with E-state index in [1.165, 1.54) is 23.4 Å². The molecule has 3 aromatic carbocycles. The van der Waals surface area contributed by atoms with E-state index in [-0.39, 0.29) is 22.8 Å². The molecule has 196 valence electrons. The maximum atomic E-state index is 14.4. The van der Waals surface area contributed by atoms with Gasteiger partial charge in [0.1, 0.15) is 0 Å². The quantitative estimate of drug-likeness (QED) is 0.204. The molecule has 1 aromatic heterocycles. The number of rotatable bonds is 4. The van der Waals surface area contributed by atoms with Crippen LogP contribution in [0.2, 0.25) is 10.0 Å². The molecule has 0 unspecified atom stereocenters. The van der Waals surface area contributed by atoms with Crippen molar-refractivity contribution < 1.29 is 14.4 Å². The Bertz CT molecular complexity index is 1710. The molecular formula is C31H20Cl2N4O3. The molecule has 0 spiro atoms. The second kappa shape index (κ2) is 9.11. The first-order chi connectivity index (χ1) is 19.4. The number of pyridine rings is 1. The van der Waals surface area contributed by atoms with Gasteiger partial charge in [-0.15, -0.1) is 0 Å². The fraction of sp³-hybridized carbons (Fsp3) is 0.129. The fourth-order valence-electron chi connectivity index (χ4n) is 6.71. The third-order valence-electron chi connectivity index (χ3n) is 8.21. The summed E-state index contributed by atoms with van der Waals surface area (Å²) in [7, 11) is 0. The molecule has 1 fully saturated rings. The normalized spacial score (nSPS) is 24.1. The lowest BCUT2D eigenvalue weighted by Gasteiger charge is -2.52. The maximum absolute atomic E-state index is 14.4. The van der Waals surface area contributed by atoms with Crippen LogP contribution in [0.3, 0.4) is 0 Å². The standard InChI is InChI=1S/C31H20Cl2N4O3/c32-18-9-10-24(23(33)15-18)37-29(39)26-25-19-5-1-3-7-21(19)31(27(26)30(37)40,22-8-4-2-6-20(22)25)16-35-36-28(38)17-11-13-34-14-12-17/h1-16,25-27H,(H,36,38)/b35-16-/t25?,26-,27-,31?/m0/s1. The molecule has 4 aliphatic rings. The van der Waals surface area contributed by atoms with E-state index >= 15 is 0 Å². The van der Waals surface area contributed by atoms with Gasteiger partial charge in [-0.1, -0.05) is 71.7 Å². The zero-order chi connectivity index (χ0) is 27.6. The number of hydrogen-bond donors (Lipinski definition) is 1. The number of benzene rings is 3. The van der Waals surface area contributed by atoms with E-state index < -0.39 is 23.2 Å². The van der Waals surface area contributed by atoms with Crippen LogP contribution < -0.4 is 10.3 Å². The van der Waals surface area contributed by atoms with Crippen molar-refractivity contribution in [3.8, 4) is 0 Å². The van der Waals surface area contributed by atoms with E-state index in [9.17, 15) is 14.4 Å². The summed E-state index contributed by atoms with van der Waals surface area (Å²) in [6.45, 7) is 0. The van der Waals surface area contributed by atoms with E-state index in [4.69, 9.17) is 23.2 Å². The number of halogens is 2. The Balaban J connectivity index is 1.42. The molecule has 8 rings (SSSR count). The minimum Gasteiger partial charge on any atom is -0.274 e. The molecule has 3 amide bonds. The Morgan fingerprint density at radius 1 is 0.900 bits per heavy atom. The molecule has 0 radical (unpaired) electrons. The maximum Gasteiger partial charge on any atom is 0.271 e. The van der Waals surface area contributed by atoms with Crippen LogP contribution in [-0.2, 0) is 15.0 Å². The first kappa shape index (κ1) is 24.7. The number of carbonyl (C=O) groups excluding carboxylic acids is 3. The fourth-order valence-corrected chi connectivity index (χ4v) is 7.20. The summed E-state index contributed by atoms with van der Waals surface area (Å²) in [6.07, 6.45) is 4.67. The van der Waals surface area contributed by atoms with Gasteiger partial charge >= 0.3 is 0 Å². The summed E-state index contributed by atoms with van der Waals surface area (Å²) in [6, 6.07) is 23.5. The highest BCUT2D eigenvalue weighted by molar-refractivity contribution is 6.38. The van der Waals surface area contributed by atoms with Crippen LogP contribution in [0.5, 0.6) is 0 Å². The smallest absolute Gasteiger partial charge is 0.271 e. The molecule has 4 aromatic rings.